The van der Waals surface area contributed by atoms with Crippen molar-refractivity contribution in [1.82, 2.24) is 0 Å². The van der Waals surface area contributed by atoms with Crippen LogP contribution in [0.5, 0.6) is 5.75 Å². The molecule has 100 valence electrons. The second-order valence-corrected chi connectivity index (χ2v) is 4.68. The first-order valence-electron chi connectivity index (χ1n) is 6.07. The minimum Gasteiger partial charge on any atom is -0.492 e. The van der Waals surface area contributed by atoms with E-state index in [9.17, 15) is 4.39 Å². The third-order valence-electron chi connectivity index (χ3n) is 2.71. The maximum absolute atomic E-state index is 12.8. The lowest BCUT2D eigenvalue weighted by molar-refractivity contribution is 0.311. The fraction of sp³-hybridized carbons (Fsp3) is 0.200. The van der Waals surface area contributed by atoms with Crippen LogP contribution >= 0.6 is 11.6 Å². The summed E-state index contributed by atoms with van der Waals surface area (Å²) in [5, 5.41) is 0.295. The SMILES string of the molecule is Nc1cccc(CCCOc2ccc(F)cc2Cl)c1. The highest BCUT2D eigenvalue weighted by Gasteiger charge is 2.03. The van der Waals surface area contributed by atoms with E-state index in [2.05, 4.69) is 0 Å². The number of halogens is 2. The van der Waals surface area contributed by atoms with Crippen LogP contribution in [0.2, 0.25) is 5.02 Å². The molecule has 0 aromatic heterocycles. The van der Waals surface area contributed by atoms with Gasteiger partial charge < -0.3 is 10.5 Å². The Kier molecular flexibility index (Phi) is 4.63. The summed E-state index contributed by atoms with van der Waals surface area (Å²) >= 11 is 5.86. The molecule has 0 saturated carbocycles. The zero-order valence-corrected chi connectivity index (χ0v) is 11.2. The van der Waals surface area contributed by atoms with Gasteiger partial charge in [-0.1, -0.05) is 23.7 Å². The van der Waals surface area contributed by atoms with Gasteiger partial charge in [-0.15, -0.1) is 0 Å². The largest absolute Gasteiger partial charge is 0.492 e. The number of nitrogens with two attached hydrogens (primary N) is 1. The molecular formula is C15H15ClFNO. The van der Waals surface area contributed by atoms with E-state index in [-0.39, 0.29) is 5.82 Å². The molecule has 2 aromatic carbocycles. The van der Waals surface area contributed by atoms with E-state index < -0.39 is 0 Å². The Morgan fingerprint density at radius 2 is 2.00 bits per heavy atom. The Balaban J connectivity index is 1.81. The van der Waals surface area contributed by atoms with E-state index in [0.717, 1.165) is 18.5 Å². The molecule has 0 heterocycles. The van der Waals surface area contributed by atoms with Gasteiger partial charge >= 0.3 is 0 Å². The topological polar surface area (TPSA) is 35.2 Å². The van der Waals surface area contributed by atoms with Gasteiger partial charge in [-0.25, -0.2) is 4.39 Å². The van der Waals surface area contributed by atoms with Crippen LogP contribution in [0.1, 0.15) is 12.0 Å². The van der Waals surface area contributed by atoms with Crippen LogP contribution in [0.4, 0.5) is 10.1 Å². The molecule has 2 rings (SSSR count). The molecule has 2 nitrogen and oxygen atoms in total. The summed E-state index contributed by atoms with van der Waals surface area (Å²) in [6, 6.07) is 11.9. The molecule has 0 amide bonds. The number of aryl methyl sites for hydroxylation is 1. The second kappa shape index (κ2) is 6.43. The molecule has 0 spiro atoms. The molecule has 4 heteroatoms. The normalized spacial score (nSPS) is 10.4. The number of rotatable bonds is 5. The van der Waals surface area contributed by atoms with Gasteiger partial charge in [0.1, 0.15) is 11.6 Å². The molecule has 0 radical (unpaired) electrons. The number of benzene rings is 2. The average molecular weight is 280 g/mol. The van der Waals surface area contributed by atoms with Crippen LogP contribution in [0, 0.1) is 5.82 Å². The lowest BCUT2D eigenvalue weighted by Gasteiger charge is -2.08. The van der Waals surface area contributed by atoms with Crippen LogP contribution in [-0.2, 0) is 6.42 Å². The number of anilines is 1. The van der Waals surface area contributed by atoms with Gasteiger partial charge in [0, 0.05) is 5.69 Å². The van der Waals surface area contributed by atoms with Crippen molar-refractivity contribution in [1.29, 1.82) is 0 Å². The standard InChI is InChI=1S/C15H15ClFNO/c16-14-10-12(17)6-7-15(14)19-8-2-4-11-3-1-5-13(18)9-11/h1,3,5-7,9-10H,2,4,8,18H2. The van der Waals surface area contributed by atoms with Crippen molar-refractivity contribution in [3.05, 3.63) is 58.9 Å². The van der Waals surface area contributed by atoms with Crippen molar-refractivity contribution in [3.8, 4) is 5.75 Å². The van der Waals surface area contributed by atoms with Crippen molar-refractivity contribution in [2.45, 2.75) is 12.8 Å². The average Bonchev–Trinajstić information content (AvgIpc) is 2.37. The molecule has 2 N–H and O–H groups in total. The molecule has 0 unspecified atom stereocenters. The Morgan fingerprint density at radius 1 is 1.16 bits per heavy atom. The van der Waals surface area contributed by atoms with Gasteiger partial charge in [-0.05, 0) is 48.7 Å². The highest BCUT2D eigenvalue weighted by molar-refractivity contribution is 6.32. The molecule has 0 atom stereocenters. The number of ether oxygens (including phenoxy) is 1. The summed E-state index contributed by atoms with van der Waals surface area (Å²) < 4.78 is 18.4. The molecule has 0 aliphatic carbocycles. The quantitative estimate of drug-likeness (QED) is 0.661. The minimum atomic E-state index is -0.364. The maximum atomic E-state index is 12.8. The van der Waals surface area contributed by atoms with Crippen LogP contribution < -0.4 is 10.5 Å². The molecule has 0 aliphatic rings. The predicted molar refractivity (Wildman–Crippen MR) is 76.1 cm³/mol. The monoisotopic (exact) mass is 279 g/mol. The Labute approximate surface area is 117 Å². The van der Waals surface area contributed by atoms with Gasteiger partial charge in [-0.2, -0.15) is 0 Å². The number of nitrogen functional groups attached to an aromatic ring is 1. The predicted octanol–water partition coefficient (Wildman–Crippen LogP) is 4.07. The Hall–Kier alpha value is -1.74. The van der Waals surface area contributed by atoms with Crippen molar-refractivity contribution in [3.63, 3.8) is 0 Å². The third kappa shape index (κ3) is 4.14. The van der Waals surface area contributed by atoms with E-state index in [1.807, 2.05) is 24.3 Å². The minimum absolute atomic E-state index is 0.295. The number of hydrogen-bond donors (Lipinski definition) is 1. The summed E-state index contributed by atoms with van der Waals surface area (Å²) in [5.74, 6) is 0.146. The third-order valence-corrected chi connectivity index (χ3v) is 3.01. The van der Waals surface area contributed by atoms with E-state index in [1.54, 1.807) is 0 Å². The maximum Gasteiger partial charge on any atom is 0.138 e. The van der Waals surface area contributed by atoms with Gasteiger partial charge in [0.15, 0.2) is 0 Å². The van der Waals surface area contributed by atoms with Crippen LogP contribution in [0.15, 0.2) is 42.5 Å². The van der Waals surface area contributed by atoms with E-state index in [4.69, 9.17) is 22.1 Å². The zero-order chi connectivity index (χ0) is 13.7. The zero-order valence-electron chi connectivity index (χ0n) is 10.4. The lowest BCUT2D eigenvalue weighted by Crippen LogP contribution is -2.00. The van der Waals surface area contributed by atoms with Crippen molar-refractivity contribution in [2.24, 2.45) is 0 Å². The second-order valence-electron chi connectivity index (χ2n) is 4.27. The highest BCUT2D eigenvalue weighted by Crippen LogP contribution is 2.25. The van der Waals surface area contributed by atoms with Crippen LogP contribution in [0.25, 0.3) is 0 Å². The Morgan fingerprint density at radius 3 is 2.74 bits per heavy atom. The van der Waals surface area contributed by atoms with Gasteiger partial charge in [0.05, 0.1) is 11.6 Å². The summed E-state index contributed by atoms with van der Waals surface area (Å²) in [6.07, 6.45) is 1.72. The van der Waals surface area contributed by atoms with Crippen LogP contribution in [0.3, 0.4) is 0 Å². The molecule has 0 fully saturated rings. The van der Waals surface area contributed by atoms with Crippen molar-refractivity contribution < 1.29 is 9.13 Å². The summed E-state index contributed by atoms with van der Waals surface area (Å²) in [5.41, 5.74) is 7.64. The molecule has 0 bridgehead atoms. The van der Waals surface area contributed by atoms with Gasteiger partial charge in [0.25, 0.3) is 0 Å². The number of hydrogen-bond acceptors (Lipinski definition) is 2. The van der Waals surface area contributed by atoms with Gasteiger partial charge in [-0.3, -0.25) is 0 Å². The fourth-order valence-electron chi connectivity index (χ4n) is 1.80. The smallest absolute Gasteiger partial charge is 0.138 e. The first kappa shape index (κ1) is 13.7. The van der Waals surface area contributed by atoms with E-state index in [1.165, 1.54) is 23.8 Å². The van der Waals surface area contributed by atoms with Crippen molar-refractivity contribution >= 4 is 17.3 Å². The highest BCUT2D eigenvalue weighted by atomic mass is 35.5. The van der Waals surface area contributed by atoms with Crippen LogP contribution in [-0.4, -0.2) is 6.61 Å². The van der Waals surface area contributed by atoms with E-state index in [0.29, 0.717) is 17.4 Å². The fourth-order valence-corrected chi connectivity index (χ4v) is 2.02. The lowest BCUT2D eigenvalue weighted by atomic mass is 10.1. The molecular weight excluding hydrogens is 265 g/mol. The van der Waals surface area contributed by atoms with Gasteiger partial charge in [0.2, 0.25) is 0 Å². The first-order chi connectivity index (χ1) is 9.15. The molecule has 19 heavy (non-hydrogen) atoms. The summed E-state index contributed by atoms with van der Waals surface area (Å²) in [4.78, 5) is 0. The summed E-state index contributed by atoms with van der Waals surface area (Å²) in [7, 11) is 0. The molecule has 0 aliphatic heterocycles. The summed E-state index contributed by atoms with van der Waals surface area (Å²) in [6.45, 7) is 0.528. The Bertz CT molecular complexity index is 560. The van der Waals surface area contributed by atoms with Crippen molar-refractivity contribution in [2.75, 3.05) is 12.3 Å². The molecule has 0 saturated heterocycles. The molecule has 2 aromatic rings. The first-order valence-corrected chi connectivity index (χ1v) is 6.45. The van der Waals surface area contributed by atoms with E-state index >= 15 is 0 Å².